The molecular weight excluding hydrogens is 326 g/mol. The molecule has 0 unspecified atom stereocenters. The summed E-state index contributed by atoms with van der Waals surface area (Å²) >= 11 is 0. The summed E-state index contributed by atoms with van der Waals surface area (Å²) < 4.78 is 0. The highest BCUT2D eigenvalue weighted by atomic mass is 16.2. The second-order valence-electron chi connectivity index (χ2n) is 7.46. The first-order chi connectivity index (χ1) is 12.7. The van der Waals surface area contributed by atoms with Gasteiger partial charge < -0.3 is 15.1 Å². The number of rotatable bonds is 5. The number of amides is 2. The molecule has 1 N–H and O–H groups in total. The maximum atomic E-state index is 12.6. The Morgan fingerprint density at radius 2 is 1.62 bits per heavy atom. The van der Waals surface area contributed by atoms with Gasteiger partial charge in [0.1, 0.15) is 0 Å². The Hall–Kier alpha value is -1.88. The van der Waals surface area contributed by atoms with Gasteiger partial charge in [0, 0.05) is 38.2 Å². The average Bonchev–Trinajstić information content (AvgIpc) is 2.72. The number of benzene rings is 1. The summed E-state index contributed by atoms with van der Waals surface area (Å²) in [5.41, 5.74) is 1.98. The van der Waals surface area contributed by atoms with Gasteiger partial charge in [0.2, 0.25) is 5.91 Å². The molecule has 0 atom stereocenters. The van der Waals surface area contributed by atoms with Crippen molar-refractivity contribution < 1.29 is 9.59 Å². The van der Waals surface area contributed by atoms with Crippen LogP contribution in [0, 0.1) is 5.92 Å². The van der Waals surface area contributed by atoms with Gasteiger partial charge in [-0.2, -0.15) is 0 Å². The molecule has 0 bridgehead atoms. The van der Waals surface area contributed by atoms with Crippen LogP contribution in [0.25, 0.3) is 0 Å². The quantitative estimate of drug-likeness (QED) is 0.880. The predicted octanol–water partition coefficient (Wildman–Crippen LogP) is 2.31. The fraction of sp³-hybridized carbons (Fsp3) is 0.619. The molecule has 2 heterocycles. The highest BCUT2D eigenvalue weighted by Crippen LogP contribution is 2.19. The average molecular weight is 357 g/mol. The minimum Gasteiger partial charge on any atom is -0.339 e. The summed E-state index contributed by atoms with van der Waals surface area (Å²) in [5, 5.41) is 3.37. The van der Waals surface area contributed by atoms with Gasteiger partial charge in [-0.05, 0) is 62.4 Å². The molecule has 0 spiro atoms. The Morgan fingerprint density at radius 3 is 2.23 bits per heavy atom. The number of hydrogen-bond donors (Lipinski definition) is 1. The number of aryl methyl sites for hydroxylation is 1. The van der Waals surface area contributed by atoms with Gasteiger partial charge in [0.05, 0.1) is 0 Å². The van der Waals surface area contributed by atoms with Crippen LogP contribution in [0.5, 0.6) is 0 Å². The number of nitrogens with zero attached hydrogens (tertiary/aromatic N) is 2. The molecule has 2 aliphatic heterocycles. The maximum Gasteiger partial charge on any atom is 0.253 e. The lowest BCUT2D eigenvalue weighted by molar-refractivity contribution is -0.133. The van der Waals surface area contributed by atoms with Gasteiger partial charge in [0.25, 0.3) is 5.91 Å². The standard InChI is InChI=1S/C21H31N3O2/c1-2-17-3-6-19(7-4-17)21(26)24-15-13-23(14-16-24)20(25)8-5-18-9-11-22-12-10-18/h3-4,6-7,18,22H,2,5,8-16H2,1H3. The molecule has 0 aromatic heterocycles. The predicted molar refractivity (Wildman–Crippen MR) is 103 cm³/mol. The third kappa shape index (κ3) is 4.85. The first kappa shape index (κ1) is 18.9. The Bertz CT molecular complexity index is 600. The van der Waals surface area contributed by atoms with Crippen molar-refractivity contribution in [1.82, 2.24) is 15.1 Å². The van der Waals surface area contributed by atoms with Gasteiger partial charge in [-0.15, -0.1) is 0 Å². The van der Waals surface area contributed by atoms with E-state index in [-0.39, 0.29) is 11.8 Å². The molecular formula is C21H31N3O2. The summed E-state index contributed by atoms with van der Waals surface area (Å²) in [5.74, 6) is 1.02. The lowest BCUT2D eigenvalue weighted by Gasteiger charge is -2.35. The van der Waals surface area contributed by atoms with Crippen molar-refractivity contribution in [3.63, 3.8) is 0 Å². The number of carbonyl (C=O) groups excluding carboxylic acids is 2. The first-order valence-electron chi connectivity index (χ1n) is 10.0. The highest BCUT2D eigenvalue weighted by Gasteiger charge is 2.25. The maximum absolute atomic E-state index is 12.6. The second-order valence-corrected chi connectivity index (χ2v) is 7.46. The van der Waals surface area contributed by atoms with Gasteiger partial charge in [-0.1, -0.05) is 19.1 Å². The second kappa shape index (κ2) is 9.17. The van der Waals surface area contributed by atoms with Crippen molar-refractivity contribution >= 4 is 11.8 Å². The molecule has 1 aromatic carbocycles. The van der Waals surface area contributed by atoms with Crippen molar-refractivity contribution in [3.05, 3.63) is 35.4 Å². The number of nitrogens with one attached hydrogen (secondary N) is 1. The van der Waals surface area contributed by atoms with Crippen LogP contribution in [-0.4, -0.2) is 60.9 Å². The van der Waals surface area contributed by atoms with Gasteiger partial charge >= 0.3 is 0 Å². The van der Waals surface area contributed by atoms with Crippen molar-refractivity contribution in [2.75, 3.05) is 39.3 Å². The third-order valence-corrected chi connectivity index (χ3v) is 5.75. The van der Waals surface area contributed by atoms with E-state index < -0.39 is 0 Å². The fourth-order valence-electron chi connectivity index (χ4n) is 3.88. The fourth-order valence-corrected chi connectivity index (χ4v) is 3.88. The van der Waals surface area contributed by atoms with Crippen LogP contribution in [-0.2, 0) is 11.2 Å². The highest BCUT2D eigenvalue weighted by molar-refractivity contribution is 5.94. The summed E-state index contributed by atoms with van der Waals surface area (Å²) in [6.45, 7) is 6.85. The Kier molecular flexibility index (Phi) is 6.67. The molecule has 2 amide bonds. The molecule has 2 fully saturated rings. The van der Waals surface area contributed by atoms with E-state index in [4.69, 9.17) is 0 Å². The number of carbonyl (C=O) groups is 2. The van der Waals surface area contributed by atoms with E-state index in [0.717, 1.165) is 31.5 Å². The normalized spacial score (nSPS) is 18.8. The topological polar surface area (TPSA) is 52.7 Å². The summed E-state index contributed by atoms with van der Waals surface area (Å²) in [6.07, 6.45) is 5.01. The molecule has 2 aliphatic rings. The smallest absolute Gasteiger partial charge is 0.253 e. The molecule has 142 valence electrons. The van der Waals surface area contributed by atoms with Crippen LogP contribution in [0.2, 0.25) is 0 Å². The van der Waals surface area contributed by atoms with E-state index in [0.29, 0.717) is 38.5 Å². The minimum absolute atomic E-state index is 0.0782. The monoisotopic (exact) mass is 357 g/mol. The van der Waals surface area contributed by atoms with Gasteiger partial charge in [0.15, 0.2) is 0 Å². The molecule has 0 aliphatic carbocycles. The van der Waals surface area contributed by atoms with Crippen LogP contribution < -0.4 is 5.32 Å². The van der Waals surface area contributed by atoms with Crippen LogP contribution in [0.4, 0.5) is 0 Å². The van der Waals surface area contributed by atoms with E-state index in [2.05, 4.69) is 12.2 Å². The van der Waals surface area contributed by atoms with Crippen LogP contribution in [0.3, 0.4) is 0 Å². The van der Waals surface area contributed by atoms with Gasteiger partial charge in [-0.3, -0.25) is 9.59 Å². The zero-order chi connectivity index (χ0) is 18.4. The summed E-state index contributed by atoms with van der Waals surface area (Å²) in [7, 11) is 0. The van der Waals surface area contributed by atoms with Crippen LogP contribution in [0.1, 0.15) is 48.5 Å². The number of piperazine rings is 1. The van der Waals surface area contributed by atoms with Gasteiger partial charge in [-0.25, -0.2) is 0 Å². The van der Waals surface area contributed by atoms with E-state index in [9.17, 15) is 9.59 Å². The number of piperidine rings is 1. The zero-order valence-corrected chi connectivity index (χ0v) is 15.9. The van der Waals surface area contributed by atoms with Crippen molar-refractivity contribution in [3.8, 4) is 0 Å². The lowest BCUT2D eigenvalue weighted by Crippen LogP contribution is -2.50. The number of hydrogen-bond acceptors (Lipinski definition) is 3. The third-order valence-electron chi connectivity index (χ3n) is 5.75. The summed E-state index contributed by atoms with van der Waals surface area (Å²) in [6, 6.07) is 7.87. The zero-order valence-electron chi connectivity index (χ0n) is 15.9. The molecule has 0 radical (unpaired) electrons. The van der Waals surface area contributed by atoms with E-state index in [1.807, 2.05) is 34.1 Å². The first-order valence-corrected chi connectivity index (χ1v) is 10.0. The molecule has 1 aromatic rings. The molecule has 3 rings (SSSR count). The largest absolute Gasteiger partial charge is 0.339 e. The SMILES string of the molecule is CCc1ccc(C(=O)N2CCN(C(=O)CCC3CCNCC3)CC2)cc1. The van der Waals surface area contributed by atoms with Crippen LogP contribution >= 0.6 is 0 Å². The van der Waals surface area contributed by atoms with Crippen molar-refractivity contribution in [2.45, 2.75) is 39.0 Å². The van der Waals surface area contributed by atoms with E-state index >= 15 is 0 Å². The van der Waals surface area contributed by atoms with Crippen LogP contribution in [0.15, 0.2) is 24.3 Å². The molecule has 26 heavy (non-hydrogen) atoms. The Labute approximate surface area is 156 Å². The summed E-state index contributed by atoms with van der Waals surface area (Å²) in [4.78, 5) is 28.9. The Morgan fingerprint density at radius 1 is 1.00 bits per heavy atom. The molecule has 0 saturated carbocycles. The van der Waals surface area contributed by atoms with E-state index in [1.54, 1.807) is 0 Å². The molecule has 2 saturated heterocycles. The van der Waals surface area contributed by atoms with Crippen molar-refractivity contribution in [1.29, 1.82) is 0 Å². The van der Waals surface area contributed by atoms with Crippen molar-refractivity contribution in [2.24, 2.45) is 5.92 Å². The van der Waals surface area contributed by atoms with E-state index in [1.165, 1.54) is 18.4 Å². The Balaban J connectivity index is 1.44. The lowest BCUT2D eigenvalue weighted by atomic mass is 9.93. The molecule has 5 nitrogen and oxygen atoms in total. The minimum atomic E-state index is 0.0782. The molecule has 5 heteroatoms.